The largest absolute Gasteiger partial charge is 0.369 e. The molecule has 0 aliphatic carbocycles. The van der Waals surface area contributed by atoms with Crippen molar-refractivity contribution in [3.63, 3.8) is 0 Å². The molecule has 0 atom stereocenters. The summed E-state index contributed by atoms with van der Waals surface area (Å²) in [5.74, 6) is 1.40. The van der Waals surface area contributed by atoms with E-state index in [2.05, 4.69) is 51.7 Å². The van der Waals surface area contributed by atoms with E-state index in [4.69, 9.17) is 0 Å². The number of nitrogens with one attached hydrogen (secondary N) is 1. The summed E-state index contributed by atoms with van der Waals surface area (Å²) in [6.45, 7) is 8.95. The molecule has 1 aromatic heterocycles. The normalized spacial score (nSPS) is 11.0. The molecule has 3 nitrogen and oxygen atoms in total. The summed E-state index contributed by atoms with van der Waals surface area (Å²) in [4.78, 5) is 9.24. The quantitative estimate of drug-likeness (QED) is 0.755. The molecule has 0 fully saturated rings. The van der Waals surface area contributed by atoms with Crippen LogP contribution in [0.15, 0.2) is 18.2 Å². The second-order valence-corrected chi connectivity index (χ2v) is 6.32. The van der Waals surface area contributed by atoms with Crippen LogP contribution in [0.1, 0.15) is 37.9 Å². The molecule has 0 aliphatic rings. The number of benzene rings is 1. The van der Waals surface area contributed by atoms with Crippen molar-refractivity contribution in [1.82, 2.24) is 9.97 Å². The summed E-state index contributed by atoms with van der Waals surface area (Å²) in [7, 11) is 0. The summed E-state index contributed by atoms with van der Waals surface area (Å²) in [6.07, 6.45) is 0. The van der Waals surface area contributed by atoms with Crippen molar-refractivity contribution in [2.24, 2.45) is 0 Å². The van der Waals surface area contributed by atoms with Crippen molar-refractivity contribution in [3.05, 3.63) is 38.8 Å². The third-order valence-electron chi connectivity index (χ3n) is 3.21. The zero-order valence-electron chi connectivity index (χ0n) is 12.7. The first-order valence-electron chi connectivity index (χ1n) is 7.01. The number of anilines is 1. The van der Waals surface area contributed by atoms with Crippen LogP contribution < -0.4 is 5.32 Å². The topological polar surface area (TPSA) is 37.8 Å². The fourth-order valence-corrected chi connectivity index (χ4v) is 3.14. The number of hydrogen-bond donors (Lipinski definition) is 1. The SMILES string of the molecule is CCNc1nc(-c2cc(F)ccc2C)nc(C(C)C)c1I. The third-order valence-corrected chi connectivity index (χ3v) is 4.27. The van der Waals surface area contributed by atoms with Crippen LogP contribution in [0.5, 0.6) is 0 Å². The molecule has 0 saturated carbocycles. The summed E-state index contributed by atoms with van der Waals surface area (Å²) >= 11 is 2.27. The molecule has 21 heavy (non-hydrogen) atoms. The van der Waals surface area contributed by atoms with Gasteiger partial charge in [0.25, 0.3) is 0 Å². The summed E-state index contributed by atoms with van der Waals surface area (Å²) < 4.78 is 14.6. The molecule has 0 saturated heterocycles. The van der Waals surface area contributed by atoms with Crippen LogP contribution >= 0.6 is 22.6 Å². The highest BCUT2D eigenvalue weighted by atomic mass is 127. The monoisotopic (exact) mass is 399 g/mol. The minimum absolute atomic E-state index is 0.270. The lowest BCUT2D eigenvalue weighted by Gasteiger charge is -2.15. The molecule has 0 radical (unpaired) electrons. The maximum atomic E-state index is 13.5. The van der Waals surface area contributed by atoms with E-state index in [0.29, 0.717) is 5.82 Å². The van der Waals surface area contributed by atoms with Gasteiger partial charge in [0.15, 0.2) is 5.82 Å². The summed E-state index contributed by atoms with van der Waals surface area (Å²) in [6, 6.07) is 4.71. The van der Waals surface area contributed by atoms with Gasteiger partial charge in [0.2, 0.25) is 0 Å². The van der Waals surface area contributed by atoms with Crippen molar-refractivity contribution < 1.29 is 4.39 Å². The zero-order valence-corrected chi connectivity index (χ0v) is 14.8. The van der Waals surface area contributed by atoms with E-state index in [0.717, 1.165) is 32.8 Å². The maximum Gasteiger partial charge on any atom is 0.162 e. The Morgan fingerprint density at radius 1 is 1.29 bits per heavy atom. The lowest BCUT2D eigenvalue weighted by molar-refractivity contribution is 0.627. The first kappa shape index (κ1) is 16.1. The minimum atomic E-state index is -0.270. The fraction of sp³-hybridized carbons (Fsp3) is 0.375. The highest BCUT2D eigenvalue weighted by Crippen LogP contribution is 2.29. The Hall–Kier alpha value is -1.24. The molecule has 0 bridgehead atoms. The standard InChI is InChI=1S/C16H19FIN3/c1-5-19-16-13(18)14(9(2)3)20-15(21-16)12-8-11(17)7-6-10(12)4/h6-9H,5H2,1-4H3,(H,19,20,21). The number of rotatable bonds is 4. The van der Waals surface area contributed by atoms with Crippen molar-refractivity contribution in [1.29, 1.82) is 0 Å². The van der Waals surface area contributed by atoms with Gasteiger partial charge in [0.1, 0.15) is 11.6 Å². The maximum absolute atomic E-state index is 13.5. The molecular weight excluding hydrogens is 380 g/mol. The van der Waals surface area contributed by atoms with E-state index >= 15 is 0 Å². The molecule has 0 amide bonds. The lowest BCUT2D eigenvalue weighted by atomic mass is 10.1. The van der Waals surface area contributed by atoms with Gasteiger partial charge in [0, 0.05) is 12.1 Å². The number of aromatic nitrogens is 2. The average Bonchev–Trinajstić information content (AvgIpc) is 2.43. The van der Waals surface area contributed by atoms with Gasteiger partial charge < -0.3 is 5.32 Å². The van der Waals surface area contributed by atoms with E-state index in [1.807, 2.05) is 13.8 Å². The van der Waals surface area contributed by atoms with E-state index in [9.17, 15) is 4.39 Å². The molecule has 0 unspecified atom stereocenters. The van der Waals surface area contributed by atoms with Crippen LogP contribution in [-0.2, 0) is 0 Å². The number of aryl methyl sites for hydroxylation is 1. The lowest BCUT2D eigenvalue weighted by Crippen LogP contribution is -2.09. The predicted molar refractivity (Wildman–Crippen MR) is 93.1 cm³/mol. The van der Waals surface area contributed by atoms with E-state index in [1.165, 1.54) is 12.1 Å². The van der Waals surface area contributed by atoms with E-state index < -0.39 is 0 Å². The van der Waals surface area contributed by atoms with Gasteiger partial charge in [-0.2, -0.15) is 0 Å². The highest BCUT2D eigenvalue weighted by Gasteiger charge is 2.16. The van der Waals surface area contributed by atoms with Crippen LogP contribution in [0.4, 0.5) is 10.2 Å². The second kappa shape index (κ2) is 6.68. The van der Waals surface area contributed by atoms with Gasteiger partial charge in [-0.05, 0) is 60.1 Å². The first-order valence-corrected chi connectivity index (χ1v) is 8.09. The molecule has 0 spiro atoms. The molecule has 112 valence electrons. The van der Waals surface area contributed by atoms with Crippen molar-refractivity contribution >= 4 is 28.4 Å². The molecule has 0 aliphatic heterocycles. The molecule has 1 heterocycles. The van der Waals surface area contributed by atoms with Crippen LogP contribution in [0, 0.1) is 16.3 Å². The molecule has 2 aromatic rings. The van der Waals surface area contributed by atoms with Gasteiger partial charge in [-0.25, -0.2) is 14.4 Å². The van der Waals surface area contributed by atoms with Crippen LogP contribution in [0.3, 0.4) is 0 Å². The smallest absolute Gasteiger partial charge is 0.162 e. The Kier molecular flexibility index (Phi) is 5.13. The average molecular weight is 399 g/mol. The van der Waals surface area contributed by atoms with Crippen molar-refractivity contribution in [3.8, 4) is 11.4 Å². The molecule has 1 N–H and O–H groups in total. The van der Waals surface area contributed by atoms with Crippen LogP contribution in [0.2, 0.25) is 0 Å². The van der Waals surface area contributed by atoms with Crippen LogP contribution in [-0.4, -0.2) is 16.5 Å². The Morgan fingerprint density at radius 2 is 2.00 bits per heavy atom. The van der Waals surface area contributed by atoms with Crippen molar-refractivity contribution in [2.45, 2.75) is 33.6 Å². The minimum Gasteiger partial charge on any atom is -0.369 e. The first-order chi connectivity index (χ1) is 9.93. The van der Waals surface area contributed by atoms with E-state index in [-0.39, 0.29) is 11.7 Å². The van der Waals surface area contributed by atoms with Crippen molar-refractivity contribution in [2.75, 3.05) is 11.9 Å². The summed E-state index contributed by atoms with van der Waals surface area (Å²) in [5, 5.41) is 3.26. The van der Waals surface area contributed by atoms with Gasteiger partial charge in [-0.15, -0.1) is 0 Å². The van der Waals surface area contributed by atoms with Gasteiger partial charge in [0.05, 0.1) is 9.26 Å². The Balaban J connectivity index is 2.65. The number of nitrogens with zero attached hydrogens (tertiary/aromatic N) is 2. The Morgan fingerprint density at radius 3 is 2.62 bits per heavy atom. The molecule has 2 rings (SSSR count). The number of halogens is 2. The highest BCUT2D eigenvalue weighted by molar-refractivity contribution is 14.1. The van der Waals surface area contributed by atoms with Crippen LogP contribution in [0.25, 0.3) is 11.4 Å². The van der Waals surface area contributed by atoms with Gasteiger partial charge in [-0.3, -0.25) is 0 Å². The second-order valence-electron chi connectivity index (χ2n) is 5.24. The zero-order chi connectivity index (χ0) is 15.6. The molecule has 5 heteroatoms. The predicted octanol–water partition coefficient (Wildman–Crippen LogP) is 4.75. The van der Waals surface area contributed by atoms with Gasteiger partial charge >= 0.3 is 0 Å². The number of hydrogen-bond acceptors (Lipinski definition) is 3. The van der Waals surface area contributed by atoms with E-state index in [1.54, 1.807) is 6.07 Å². The fourth-order valence-electron chi connectivity index (χ4n) is 2.09. The van der Waals surface area contributed by atoms with Gasteiger partial charge in [-0.1, -0.05) is 19.9 Å². The molecular formula is C16H19FIN3. The third kappa shape index (κ3) is 3.51. The Labute approximate surface area is 138 Å². The molecule has 1 aromatic carbocycles. The summed E-state index contributed by atoms with van der Waals surface area (Å²) in [5.41, 5.74) is 2.70. The Bertz CT molecular complexity index is 656.